The average molecular weight is 423 g/mol. The van der Waals surface area contributed by atoms with Gasteiger partial charge in [-0.05, 0) is 55.8 Å². The topological polar surface area (TPSA) is 82.3 Å². The van der Waals surface area contributed by atoms with E-state index in [1.54, 1.807) is 24.3 Å². The third-order valence-electron chi connectivity index (χ3n) is 4.48. The Bertz CT molecular complexity index is 810. The molecule has 3 amide bonds. The minimum atomic E-state index is -0.341. The summed E-state index contributed by atoms with van der Waals surface area (Å²) in [6.07, 6.45) is 1.71. The van der Waals surface area contributed by atoms with E-state index in [2.05, 4.69) is 21.3 Å². The lowest BCUT2D eigenvalue weighted by atomic mass is 9.97. The number of hydrogen-bond acceptors (Lipinski definition) is 3. The van der Waals surface area contributed by atoms with Crippen LogP contribution in [0.4, 0.5) is 16.2 Å². The van der Waals surface area contributed by atoms with Crippen LogP contribution < -0.4 is 21.3 Å². The van der Waals surface area contributed by atoms with E-state index in [4.69, 9.17) is 11.6 Å². The molecule has 6 nitrogen and oxygen atoms in total. The van der Waals surface area contributed by atoms with Gasteiger partial charge in [-0.1, -0.05) is 35.9 Å². The zero-order valence-corrected chi connectivity index (χ0v) is 16.9. The Morgan fingerprint density at radius 3 is 2.54 bits per heavy atom. The van der Waals surface area contributed by atoms with Crippen molar-refractivity contribution in [2.45, 2.75) is 19.4 Å². The maximum Gasteiger partial charge on any atom is 0.319 e. The molecule has 0 spiro atoms. The van der Waals surface area contributed by atoms with Crippen molar-refractivity contribution in [3.8, 4) is 0 Å². The maximum absolute atomic E-state index is 12.3. The number of anilines is 2. The first-order chi connectivity index (χ1) is 13.1. The lowest BCUT2D eigenvalue weighted by molar-refractivity contribution is -0.120. The van der Waals surface area contributed by atoms with Gasteiger partial charge in [0.15, 0.2) is 0 Å². The Kier molecular flexibility index (Phi) is 8.57. The van der Waals surface area contributed by atoms with Crippen LogP contribution in [0, 0.1) is 5.92 Å². The zero-order chi connectivity index (χ0) is 19.1. The number of halogens is 2. The minimum Gasteiger partial charge on any atom is -0.334 e. The minimum absolute atomic E-state index is 0. The molecule has 0 aliphatic carbocycles. The summed E-state index contributed by atoms with van der Waals surface area (Å²) in [4.78, 5) is 24.4. The number of piperidine rings is 1. The van der Waals surface area contributed by atoms with E-state index in [-0.39, 0.29) is 30.3 Å². The molecule has 4 N–H and O–H groups in total. The maximum atomic E-state index is 12.3. The molecule has 3 rings (SSSR count). The number of urea groups is 1. The molecule has 1 aliphatic rings. The van der Waals surface area contributed by atoms with Gasteiger partial charge in [0.05, 0.1) is 10.7 Å². The molecule has 1 aliphatic heterocycles. The fourth-order valence-corrected chi connectivity index (χ4v) is 3.18. The molecule has 0 unspecified atom stereocenters. The van der Waals surface area contributed by atoms with Gasteiger partial charge in [-0.3, -0.25) is 4.79 Å². The largest absolute Gasteiger partial charge is 0.334 e. The summed E-state index contributed by atoms with van der Waals surface area (Å²) in [6.45, 7) is 2.10. The Labute approximate surface area is 175 Å². The Morgan fingerprint density at radius 1 is 1.04 bits per heavy atom. The van der Waals surface area contributed by atoms with Crippen LogP contribution >= 0.6 is 24.0 Å². The van der Waals surface area contributed by atoms with E-state index in [9.17, 15) is 9.59 Å². The van der Waals surface area contributed by atoms with E-state index in [1.165, 1.54) is 0 Å². The fourth-order valence-electron chi connectivity index (χ4n) is 3.00. The molecular weight excluding hydrogens is 399 g/mol. The predicted octanol–water partition coefficient (Wildman–Crippen LogP) is 4.02. The summed E-state index contributed by atoms with van der Waals surface area (Å²) < 4.78 is 0. The zero-order valence-electron chi connectivity index (χ0n) is 15.3. The van der Waals surface area contributed by atoms with Crippen molar-refractivity contribution in [2.24, 2.45) is 5.92 Å². The molecule has 8 heteroatoms. The van der Waals surface area contributed by atoms with Crippen molar-refractivity contribution in [1.82, 2.24) is 10.6 Å². The Hall–Kier alpha value is -2.28. The number of nitrogens with one attached hydrogen (secondary N) is 4. The lowest BCUT2D eigenvalue weighted by Gasteiger charge is -2.21. The van der Waals surface area contributed by atoms with Crippen LogP contribution in [0.2, 0.25) is 5.02 Å². The smallest absolute Gasteiger partial charge is 0.319 e. The molecule has 2 aromatic carbocycles. The standard InChI is InChI=1S/C20H23ClN4O2.ClH/c21-17-6-1-2-7-18(17)25-20(27)23-13-14-4-3-5-16(12-14)24-19(26)15-8-10-22-11-9-15;/h1-7,12,15,22H,8-11,13H2,(H,24,26)(H2,23,25,27);1H. The number of amides is 3. The Morgan fingerprint density at radius 2 is 1.79 bits per heavy atom. The first-order valence-corrected chi connectivity index (χ1v) is 9.39. The highest BCUT2D eigenvalue weighted by Crippen LogP contribution is 2.20. The molecule has 0 aromatic heterocycles. The van der Waals surface area contributed by atoms with Gasteiger partial charge < -0.3 is 21.3 Å². The molecule has 150 valence electrons. The highest BCUT2D eigenvalue weighted by molar-refractivity contribution is 6.33. The molecule has 0 bridgehead atoms. The summed E-state index contributed by atoms with van der Waals surface area (Å²) in [5.74, 6) is 0.104. The molecule has 0 radical (unpaired) electrons. The fraction of sp³-hybridized carbons (Fsp3) is 0.300. The quantitative estimate of drug-likeness (QED) is 0.586. The highest BCUT2D eigenvalue weighted by Gasteiger charge is 2.20. The van der Waals surface area contributed by atoms with Crippen LogP contribution in [0.3, 0.4) is 0 Å². The van der Waals surface area contributed by atoms with Gasteiger partial charge >= 0.3 is 6.03 Å². The molecule has 1 heterocycles. The number of rotatable bonds is 5. The first-order valence-electron chi connectivity index (χ1n) is 9.02. The third-order valence-corrected chi connectivity index (χ3v) is 4.81. The normalized spacial score (nSPS) is 13.9. The SMILES string of the molecule is Cl.O=C(NCc1cccc(NC(=O)C2CCNCC2)c1)Nc1ccccc1Cl. The second kappa shape index (κ2) is 10.9. The van der Waals surface area contributed by atoms with Crippen molar-refractivity contribution in [1.29, 1.82) is 0 Å². The summed E-state index contributed by atoms with van der Waals surface area (Å²) in [7, 11) is 0. The van der Waals surface area contributed by atoms with Crippen LogP contribution in [0.25, 0.3) is 0 Å². The van der Waals surface area contributed by atoms with Gasteiger partial charge in [-0.2, -0.15) is 0 Å². The van der Waals surface area contributed by atoms with E-state index in [1.807, 2.05) is 24.3 Å². The van der Waals surface area contributed by atoms with Crippen molar-refractivity contribution in [2.75, 3.05) is 23.7 Å². The van der Waals surface area contributed by atoms with Gasteiger partial charge in [0.25, 0.3) is 0 Å². The molecule has 1 fully saturated rings. The van der Waals surface area contributed by atoms with E-state index >= 15 is 0 Å². The summed E-state index contributed by atoms with van der Waals surface area (Å²) in [5, 5.41) is 12.2. The number of hydrogen-bond donors (Lipinski definition) is 4. The second-order valence-electron chi connectivity index (χ2n) is 6.50. The molecule has 0 saturated carbocycles. The third kappa shape index (κ3) is 6.41. The molecule has 28 heavy (non-hydrogen) atoms. The number of carbonyl (C=O) groups excluding carboxylic acids is 2. The number of para-hydroxylation sites is 1. The van der Waals surface area contributed by atoms with Crippen LogP contribution in [-0.4, -0.2) is 25.0 Å². The van der Waals surface area contributed by atoms with Gasteiger partial charge in [0, 0.05) is 18.2 Å². The summed E-state index contributed by atoms with van der Waals surface area (Å²) in [5.41, 5.74) is 2.19. The summed E-state index contributed by atoms with van der Waals surface area (Å²) in [6, 6.07) is 14.2. The van der Waals surface area contributed by atoms with Crippen LogP contribution in [-0.2, 0) is 11.3 Å². The van der Waals surface area contributed by atoms with Crippen molar-refractivity contribution in [3.63, 3.8) is 0 Å². The molecular formula is C20H24Cl2N4O2. The van der Waals surface area contributed by atoms with Crippen LogP contribution in [0.1, 0.15) is 18.4 Å². The van der Waals surface area contributed by atoms with Crippen molar-refractivity contribution in [3.05, 3.63) is 59.1 Å². The predicted molar refractivity (Wildman–Crippen MR) is 115 cm³/mol. The first kappa shape index (κ1) is 22.0. The number of carbonyl (C=O) groups is 2. The van der Waals surface area contributed by atoms with Crippen LogP contribution in [0.5, 0.6) is 0 Å². The Balaban J connectivity index is 0.00000280. The summed E-state index contributed by atoms with van der Waals surface area (Å²) >= 11 is 6.03. The molecule has 0 atom stereocenters. The van der Waals surface area contributed by atoms with Crippen molar-refractivity contribution >= 4 is 47.3 Å². The lowest BCUT2D eigenvalue weighted by Crippen LogP contribution is -2.34. The average Bonchev–Trinajstić information content (AvgIpc) is 2.69. The van der Waals surface area contributed by atoms with Gasteiger partial charge in [-0.15, -0.1) is 12.4 Å². The number of benzene rings is 2. The van der Waals surface area contributed by atoms with E-state index in [0.717, 1.165) is 37.2 Å². The molecule has 1 saturated heterocycles. The monoisotopic (exact) mass is 422 g/mol. The van der Waals surface area contributed by atoms with E-state index < -0.39 is 0 Å². The van der Waals surface area contributed by atoms with Gasteiger partial charge in [0.1, 0.15) is 0 Å². The van der Waals surface area contributed by atoms with Crippen molar-refractivity contribution < 1.29 is 9.59 Å². The van der Waals surface area contributed by atoms with Gasteiger partial charge in [-0.25, -0.2) is 4.79 Å². The van der Waals surface area contributed by atoms with Gasteiger partial charge in [0.2, 0.25) is 5.91 Å². The highest BCUT2D eigenvalue weighted by atomic mass is 35.5. The van der Waals surface area contributed by atoms with Crippen LogP contribution in [0.15, 0.2) is 48.5 Å². The second-order valence-corrected chi connectivity index (χ2v) is 6.91. The molecule has 2 aromatic rings. The van der Waals surface area contributed by atoms with E-state index in [0.29, 0.717) is 17.3 Å².